The number of benzene rings is 3. The molecule has 0 spiro atoms. The second kappa shape index (κ2) is 8.28. The van der Waals surface area contributed by atoms with E-state index >= 15 is 0 Å². The Morgan fingerprint density at radius 1 is 0.886 bits per heavy atom. The molecule has 0 bridgehead atoms. The van der Waals surface area contributed by atoms with Crippen LogP contribution < -0.4 is 4.74 Å². The Hall–Kier alpha value is -4.66. The van der Waals surface area contributed by atoms with E-state index in [-0.39, 0.29) is 22.8 Å². The molecule has 3 heterocycles. The zero-order chi connectivity index (χ0) is 23.9. The molecule has 9 heteroatoms. The molecular formula is C26H18F2N6O. The maximum Gasteiger partial charge on any atom is 0.242 e. The van der Waals surface area contributed by atoms with E-state index in [1.807, 2.05) is 31.2 Å². The van der Waals surface area contributed by atoms with Crippen molar-refractivity contribution >= 4 is 16.6 Å². The molecule has 0 saturated heterocycles. The Labute approximate surface area is 198 Å². The SMILES string of the molecule is CC(Oc1nn2c(-c3ccccc3F)nncc2c1-c1ccccc1F)c1nc2ccccc2[nH]1. The van der Waals surface area contributed by atoms with E-state index in [2.05, 4.69) is 25.3 Å². The zero-order valence-electron chi connectivity index (χ0n) is 18.5. The number of nitrogens with zero attached hydrogens (tertiary/aromatic N) is 5. The van der Waals surface area contributed by atoms with E-state index in [1.54, 1.807) is 36.4 Å². The third kappa shape index (κ3) is 3.57. The highest BCUT2D eigenvalue weighted by Gasteiger charge is 2.25. The molecule has 172 valence electrons. The minimum Gasteiger partial charge on any atom is -0.465 e. The molecule has 1 unspecified atom stereocenters. The summed E-state index contributed by atoms with van der Waals surface area (Å²) in [7, 11) is 0. The van der Waals surface area contributed by atoms with Gasteiger partial charge >= 0.3 is 0 Å². The zero-order valence-corrected chi connectivity index (χ0v) is 18.5. The molecule has 3 aromatic heterocycles. The molecule has 0 amide bonds. The first-order chi connectivity index (χ1) is 17.1. The number of aromatic amines is 1. The number of hydrogen-bond acceptors (Lipinski definition) is 5. The fourth-order valence-corrected chi connectivity index (χ4v) is 4.07. The minimum absolute atomic E-state index is 0.149. The van der Waals surface area contributed by atoms with E-state index in [0.29, 0.717) is 16.9 Å². The molecule has 0 fully saturated rings. The molecule has 0 aliphatic heterocycles. The van der Waals surface area contributed by atoms with Crippen molar-refractivity contribution in [2.75, 3.05) is 0 Å². The molecule has 0 aliphatic rings. The highest BCUT2D eigenvalue weighted by molar-refractivity contribution is 5.85. The van der Waals surface area contributed by atoms with E-state index in [9.17, 15) is 8.78 Å². The molecule has 0 aliphatic carbocycles. The van der Waals surface area contributed by atoms with Gasteiger partial charge in [-0.05, 0) is 37.3 Å². The van der Waals surface area contributed by atoms with Gasteiger partial charge in [-0.1, -0.05) is 42.5 Å². The van der Waals surface area contributed by atoms with Gasteiger partial charge in [0.25, 0.3) is 0 Å². The summed E-state index contributed by atoms with van der Waals surface area (Å²) in [6.45, 7) is 1.82. The summed E-state index contributed by atoms with van der Waals surface area (Å²) in [5.41, 5.74) is 2.98. The van der Waals surface area contributed by atoms with E-state index in [0.717, 1.165) is 11.0 Å². The number of nitrogens with one attached hydrogen (secondary N) is 1. The standard InChI is InChI=1S/C26H18F2N6O/c1-15(24-30-20-12-6-7-13-21(20)31-24)35-26-23(16-8-2-4-10-18(16)27)22-14-29-32-25(34(22)33-26)17-9-3-5-11-19(17)28/h2-15H,1H3,(H,30,31). The lowest BCUT2D eigenvalue weighted by Gasteiger charge is -2.12. The van der Waals surface area contributed by atoms with Crippen molar-refractivity contribution in [2.24, 2.45) is 0 Å². The quantitative estimate of drug-likeness (QED) is 0.348. The van der Waals surface area contributed by atoms with Crippen LogP contribution in [-0.2, 0) is 0 Å². The molecule has 1 N–H and O–H groups in total. The largest absolute Gasteiger partial charge is 0.465 e. The lowest BCUT2D eigenvalue weighted by Crippen LogP contribution is -2.06. The maximum atomic E-state index is 14.9. The van der Waals surface area contributed by atoms with Crippen molar-refractivity contribution in [1.29, 1.82) is 0 Å². The summed E-state index contributed by atoms with van der Waals surface area (Å²) in [4.78, 5) is 7.84. The summed E-state index contributed by atoms with van der Waals surface area (Å²) in [6, 6.07) is 20.2. The number of fused-ring (bicyclic) bond motifs is 2. The van der Waals surface area contributed by atoms with Gasteiger partial charge in [-0.2, -0.15) is 5.10 Å². The number of rotatable bonds is 5. The van der Waals surface area contributed by atoms with Gasteiger partial charge in [-0.25, -0.2) is 18.3 Å². The number of ether oxygens (including phenoxy) is 1. The predicted octanol–water partition coefficient (Wildman–Crippen LogP) is 5.75. The molecule has 0 saturated carbocycles. The van der Waals surface area contributed by atoms with Crippen LogP contribution in [0.5, 0.6) is 5.88 Å². The molecule has 35 heavy (non-hydrogen) atoms. The Morgan fingerprint density at radius 2 is 1.57 bits per heavy atom. The van der Waals surface area contributed by atoms with Crippen molar-refractivity contribution in [3.63, 3.8) is 0 Å². The van der Waals surface area contributed by atoms with Gasteiger partial charge in [0.05, 0.1) is 28.4 Å². The highest BCUT2D eigenvalue weighted by atomic mass is 19.1. The first-order valence-electron chi connectivity index (χ1n) is 11.0. The lowest BCUT2D eigenvalue weighted by atomic mass is 10.1. The average Bonchev–Trinajstić information content (AvgIpc) is 3.46. The summed E-state index contributed by atoms with van der Waals surface area (Å²) in [6.07, 6.45) is 0.911. The molecule has 7 nitrogen and oxygen atoms in total. The second-order valence-electron chi connectivity index (χ2n) is 8.00. The van der Waals surface area contributed by atoms with Gasteiger partial charge in [-0.3, -0.25) is 0 Å². The summed E-state index contributed by atoms with van der Waals surface area (Å²) in [5, 5.41) is 12.8. The Morgan fingerprint density at radius 3 is 2.31 bits per heavy atom. The van der Waals surface area contributed by atoms with Crippen LogP contribution in [0.15, 0.2) is 79.0 Å². The van der Waals surface area contributed by atoms with Crippen LogP contribution in [-0.4, -0.2) is 29.8 Å². The van der Waals surface area contributed by atoms with Gasteiger partial charge in [0.15, 0.2) is 11.9 Å². The third-order valence-corrected chi connectivity index (χ3v) is 5.76. The first kappa shape index (κ1) is 20.9. The van der Waals surface area contributed by atoms with Crippen LogP contribution in [0.1, 0.15) is 18.9 Å². The normalized spacial score (nSPS) is 12.3. The number of imidazole rings is 1. The summed E-state index contributed by atoms with van der Waals surface area (Å²) >= 11 is 0. The number of para-hydroxylation sites is 2. The van der Waals surface area contributed by atoms with Gasteiger partial charge in [-0.15, -0.1) is 10.2 Å². The topological polar surface area (TPSA) is 81.0 Å². The highest BCUT2D eigenvalue weighted by Crippen LogP contribution is 2.38. The minimum atomic E-state index is -0.546. The smallest absolute Gasteiger partial charge is 0.242 e. The van der Waals surface area contributed by atoms with Gasteiger partial charge < -0.3 is 9.72 Å². The molecule has 1 atom stereocenters. The number of aromatic nitrogens is 6. The molecular weight excluding hydrogens is 450 g/mol. The lowest BCUT2D eigenvalue weighted by molar-refractivity contribution is 0.209. The van der Waals surface area contributed by atoms with Crippen LogP contribution in [0.2, 0.25) is 0 Å². The number of H-pyrrole nitrogens is 1. The van der Waals surface area contributed by atoms with Crippen LogP contribution in [0.3, 0.4) is 0 Å². The maximum absolute atomic E-state index is 14.9. The van der Waals surface area contributed by atoms with Crippen LogP contribution >= 0.6 is 0 Å². The fourth-order valence-electron chi connectivity index (χ4n) is 4.07. The number of halogens is 2. The van der Waals surface area contributed by atoms with Crippen LogP contribution in [0, 0.1) is 11.6 Å². The van der Waals surface area contributed by atoms with Gasteiger partial charge in [0, 0.05) is 5.56 Å². The molecule has 6 aromatic rings. The van der Waals surface area contributed by atoms with Crippen molar-refractivity contribution in [2.45, 2.75) is 13.0 Å². The predicted molar refractivity (Wildman–Crippen MR) is 127 cm³/mol. The second-order valence-corrected chi connectivity index (χ2v) is 8.00. The van der Waals surface area contributed by atoms with E-state index in [1.165, 1.54) is 22.8 Å². The monoisotopic (exact) mass is 468 g/mol. The van der Waals surface area contributed by atoms with Crippen molar-refractivity contribution in [3.05, 3.63) is 96.5 Å². The fraction of sp³-hybridized carbons (Fsp3) is 0.0769. The molecule has 6 rings (SSSR count). The third-order valence-electron chi connectivity index (χ3n) is 5.76. The summed E-state index contributed by atoms with van der Waals surface area (Å²) in [5.74, 6) is -0.0172. The van der Waals surface area contributed by atoms with Gasteiger partial charge in [0.1, 0.15) is 23.0 Å². The summed E-state index contributed by atoms with van der Waals surface area (Å²) < 4.78 is 37.2. The van der Waals surface area contributed by atoms with E-state index in [4.69, 9.17) is 4.74 Å². The van der Waals surface area contributed by atoms with Crippen molar-refractivity contribution in [1.82, 2.24) is 29.8 Å². The average molecular weight is 468 g/mol. The van der Waals surface area contributed by atoms with Gasteiger partial charge in [0.2, 0.25) is 5.88 Å². The first-order valence-corrected chi connectivity index (χ1v) is 11.0. The molecule has 3 aromatic carbocycles. The van der Waals surface area contributed by atoms with Crippen molar-refractivity contribution in [3.8, 4) is 28.4 Å². The Kier molecular flexibility index (Phi) is 4.95. The van der Waals surface area contributed by atoms with Crippen LogP contribution in [0.4, 0.5) is 8.78 Å². The van der Waals surface area contributed by atoms with E-state index < -0.39 is 17.7 Å². The Balaban J connectivity index is 1.53. The van der Waals surface area contributed by atoms with Crippen LogP contribution in [0.25, 0.3) is 39.1 Å². The molecule has 0 radical (unpaired) electrons. The number of hydrogen-bond donors (Lipinski definition) is 1. The Bertz CT molecular complexity index is 1660. The van der Waals surface area contributed by atoms with Crippen molar-refractivity contribution < 1.29 is 13.5 Å².